The van der Waals surface area contributed by atoms with Crippen LogP contribution in [0.3, 0.4) is 0 Å². The van der Waals surface area contributed by atoms with E-state index in [0.717, 1.165) is 23.1 Å². The second-order valence-electron chi connectivity index (χ2n) is 17.2. The van der Waals surface area contributed by atoms with Gasteiger partial charge in [-0.05, 0) is 66.7 Å². The summed E-state index contributed by atoms with van der Waals surface area (Å²) in [5, 5.41) is 0. The maximum Gasteiger partial charge on any atom is 0.343 e. The Morgan fingerprint density at radius 1 is 0.767 bits per heavy atom. The largest absolute Gasteiger partial charge is 0.419 e. The standard InChI is InChI=1S/C49H49O10P/c1-31(2)37-26-40-49(59-40)47(3)25-24-36-41(43(57-46(36)51)42(34-20-12-6-13-21-34)56-45(50)35-22-14-7-15-23-35)38(47)27-39-48(49,58-39)44(37)52-30-55-60(53-28-32-16-8-4-9-17-32)54-29-33-18-10-5-11-19-33/h4-23,31,37-40,44H,24-30H2,1-3H3/b43-42+. The quantitative estimate of drug-likeness (QED) is 0.0400. The molecule has 4 aromatic carbocycles. The number of cyclic esters (lactones) is 1. The summed E-state index contributed by atoms with van der Waals surface area (Å²) in [6.45, 7) is 7.39. The molecule has 0 N–H and O–H groups in total. The molecule has 0 bridgehead atoms. The van der Waals surface area contributed by atoms with Crippen molar-refractivity contribution in [2.75, 3.05) is 6.79 Å². The predicted molar refractivity (Wildman–Crippen MR) is 222 cm³/mol. The van der Waals surface area contributed by atoms with E-state index in [1.165, 1.54) is 0 Å². The van der Waals surface area contributed by atoms with Crippen LogP contribution in [0, 0.1) is 23.2 Å². The molecule has 310 valence electrons. The highest BCUT2D eigenvalue weighted by molar-refractivity contribution is 7.41. The summed E-state index contributed by atoms with van der Waals surface area (Å²) in [5.41, 5.74) is 2.69. The van der Waals surface area contributed by atoms with Crippen LogP contribution in [-0.4, -0.2) is 48.2 Å². The van der Waals surface area contributed by atoms with Gasteiger partial charge in [-0.2, -0.15) is 0 Å². The number of rotatable bonds is 14. The lowest BCUT2D eigenvalue weighted by Crippen LogP contribution is -2.67. The van der Waals surface area contributed by atoms with Gasteiger partial charge in [-0.3, -0.25) is 4.52 Å². The Morgan fingerprint density at radius 2 is 1.37 bits per heavy atom. The number of allylic oxidation sites excluding steroid dienone is 1. The first-order valence-corrected chi connectivity index (χ1v) is 22.1. The molecule has 6 aliphatic rings. The van der Waals surface area contributed by atoms with Crippen molar-refractivity contribution in [3.8, 4) is 0 Å². The van der Waals surface area contributed by atoms with E-state index in [9.17, 15) is 9.59 Å². The van der Waals surface area contributed by atoms with Gasteiger partial charge in [-0.15, -0.1) is 0 Å². The van der Waals surface area contributed by atoms with Crippen molar-refractivity contribution in [2.24, 2.45) is 23.2 Å². The van der Waals surface area contributed by atoms with Gasteiger partial charge in [0.05, 0.1) is 37.1 Å². The fraction of sp³-hybridized carbons (Fsp3) is 0.388. The number of epoxide rings is 2. The SMILES string of the molecule is CC(C)C1CC2OC23C2(C)CCC4=C(/C(=C(\OC(=O)c5ccccc5)c5ccccc5)OC4=O)C2CC2OC23C1OCOP(OCc1ccccc1)OCc1ccccc1. The minimum Gasteiger partial charge on any atom is -0.419 e. The third-order valence-electron chi connectivity index (χ3n) is 13.7. The molecular formula is C49H49O10P. The highest BCUT2D eigenvalue weighted by Crippen LogP contribution is 2.80. The summed E-state index contributed by atoms with van der Waals surface area (Å²) < 4.78 is 52.1. The van der Waals surface area contributed by atoms with E-state index >= 15 is 0 Å². The number of carbonyl (C=O) groups excluding carboxylic acids is 2. The Morgan fingerprint density at radius 3 is 1.98 bits per heavy atom. The molecule has 4 fully saturated rings. The van der Waals surface area contributed by atoms with Crippen molar-refractivity contribution in [1.29, 1.82) is 0 Å². The molecule has 60 heavy (non-hydrogen) atoms. The van der Waals surface area contributed by atoms with Crippen molar-refractivity contribution in [2.45, 2.75) is 89.2 Å². The van der Waals surface area contributed by atoms with E-state index in [4.69, 9.17) is 37.3 Å². The Bertz CT molecular complexity index is 2260. The number of hydrogen-bond acceptors (Lipinski definition) is 10. The van der Waals surface area contributed by atoms with E-state index in [0.29, 0.717) is 54.9 Å². The summed E-state index contributed by atoms with van der Waals surface area (Å²) in [7, 11) is -1.76. The lowest BCUT2D eigenvalue weighted by Gasteiger charge is -2.54. The topological polar surface area (TPSA) is 115 Å². The van der Waals surface area contributed by atoms with E-state index < -0.39 is 37.2 Å². The number of esters is 2. The van der Waals surface area contributed by atoms with Crippen LogP contribution in [0.5, 0.6) is 0 Å². The van der Waals surface area contributed by atoms with E-state index in [1.54, 1.807) is 24.3 Å². The molecular weight excluding hydrogens is 780 g/mol. The van der Waals surface area contributed by atoms with E-state index in [-0.39, 0.29) is 48.6 Å². The van der Waals surface area contributed by atoms with Gasteiger partial charge >= 0.3 is 20.5 Å². The molecule has 8 atom stereocenters. The Kier molecular flexibility index (Phi) is 10.4. The number of hydrogen-bond donors (Lipinski definition) is 0. The highest BCUT2D eigenvalue weighted by Gasteiger charge is 2.93. The minimum absolute atomic E-state index is 0.0406. The van der Waals surface area contributed by atoms with Gasteiger partial charge in [-0.1, -0.05) is 130 Å². The molecule has 4 aromatic rings. The van der Waals surface area contributed by atoms with Gasteiger partial charge in [0.2, 0.25) is 0 Å². The van der Waals surface area contributed by atoms with Crippen LogP contribution < -0.4 is 0 Å². The summed E-state index contributed by atoms with van der Waals surface area (Å²) in [6.07, 6.45) is 2.08. The fourth-order valence-corrected chi connectivity index (χ4v) is 11.7. The van der Waals surface area contributed by atoms with Crippen LogP contribution in [-0.2, 0) is 55.3 Å². The molecule has 2 saturated heterocycles. The van der Waals surface area contributed by atoms with Crippen molar-refractivity contribution >= 4 is 26.3 Å². The van der Waals surface area contributed by atoms with Crippen molar-refractivity contribution in [3.63, 3.8) is 0 Å². The van der Waals surface area contributed by atoms with Crippen LogP contribution in [0.25, 0.3) is 5.76 Å². The van der Waals surface area contributed by atoms with Crippen molar-refractivity contribution in [3.05, 3.63) is 160 Å². The second-order valence-corrected chi connectivity index (χ2v) is 18.5. The molecule has 10 rings (SSSR count). The Balaban J connectivity index is 0.940. The number of fused-ring (bicyclic) bond motifs is 2. The first-order valence-electron chi connectivity index (χ1n) is 21.0. The average Bonchev–Trinajstić information content (AvgIpc) is 4.18. The zero-order chi connectivity index (χ0) is 41.1. The first-order chi connectivity index (χ1) is 29.2. The van der Waals surface area contributed by atoms with Gasteiger partial charge in [0.1, 0.15) is 5.60 Å². The molecule has 0 radical (unpaired) electrons. The lowest BCUT2D eigenvalue weighted by atomic mass is 9.46. The zero-order valence-corrected chi connectivity index (χ0v) is 34.9. The number of ether oxygens (including phenoxy) is 5. The van der Waals surface area contributed by atoms with Crippen LogP contribution in [0.15, 0.2) is 138 Å². The fourth-order valence-electron chi connectivity index (χ4n) is 10.8. The molecule has 2 spiro atoms. The molecule has 10 nitrogen and oxygen atoms in total. The van der Waals surface area contributed by atoms with Crippen LogP contribution in [0.4, 0.5) is 0 Å². The van der Waals surface area contributed by atoms with Gasteiger partial charge in [0.25, 0.3) is 0 Å². The van der Waals surface area contributed by atoms with Crippen molar-refractivity contribution < 1.29 is 46.8 Å². The maximum absolute atomic E-state index is 13.8. The van der Waals surface area contributed by atoms with Crippen LogP contribution >= 0.6 is 8.60 Å². The Labute approximate surface area is 351 Å². The molecule has 3 aliphatic carbocycles. The molecule has 0 amide bonds. The Hall–Kier alpha value is -4.51. The smallest absolute Gasteiger partial charge is 0.343 e. The second kappa shape index (κ2) is 15.8. The third kappa shape index (κ3) is 6.59. The summed E-state index contributed by atoms with van der Waals surface area (Å²) in [4.78, 5) is 27.4. The monoisotopic (exact) mass is 828 g/mol. The highest BCUT2D eigenvalue weighted by atomic mass is 31.2. The summed E-state index contributed by atoms with van der Waals surface area (Å²) >= 11 is 0. The van der Waals surface area contributed by atoms with Crippen LogP contribution in [0.1, 0.15) is 73.5 Å². The summed E-state index contributed by atoms with van der Waals surface area (Å²) in [5.74, 6) is -0.122. The number of benzene rings is 4. The zero-order valence-electron chi connectivity index (χ0n) is 34.0. The molecule has 0 aromatic heterocycles. The first kappa shape index (κ1) is 39.6. The molecule has 3 heterocycles. The van der Waals surface area contributed by atoms with Gasteiger partial charge in [0.15, 0.2) is 23.9 Å². The normalized spacial score (nSPS) is 31.7. The van der Waals surface area contributed by atoms with Gasteiger partial charge < -0.3 is 32.7 Å². The van der Waals surface area contributed by atoms with E-state index in [1.807, 2.05) is 97.1 Å². The van der Waals surface area contributed by atoms with Crippen LogP contribution in [0.2, 0.25) is 0 Å². The molecule has 8 unspecified atom stereocenters. The molecule has 11 heteroatoms. The third-order valence-corrected chi connectivity index (χ3v) is 14.7. The molecule has 3 aliphatic heterocycles. The number of carbonyl (C=O) groups is 2. The summed E-state index contributed by atoms with van der Waals surface area (Å²) in [6, 6.07) is 38.2. The van der Waals surface area contributed by atoms with Crippen molar-refractivity contribution in [1.82, 2.24) is 0 Å². The predicted octanol–water partition coefficient (Wildman–Crippen LogP) is 9.86. The van der Waals surface area contributed by atoms with Gasteiger partial charge in [0, 0.05) is 22.1 Å². The minimum atomic E-state index is -1.76. The molecule has 2 saturated carbocycles. The van der Waals surface area contributed by atoms with E-state index in [2.05, 4.69) is 20.8 Å². The average molecular weight is 829 g/mol. The lowest BCUT2D eigenvalue weighted by molar-refractivity contribution is -0.154. The maximum atomic E-state index is 13.8. The van der Waals surface area contributed by atoms with Gasteiger partial charge in [-0.25, -0.2) is 9.59 Å².